The fourth-order valence-electron chi connectivity index (χ4n) is 1.83. The molecule has 96 valence electrons. The van der Waals surface area contributed by atoms with Gasteiger partial charge in [-0.15, -0.1) is 0 Å². The normalized spacial score (nSPS) is 13.8. The number of aromatic nitrogens is 3. The highest BCUT2D eigenvalue weighted by molar-refractivity contribution is 5.82. The van der Waals surface area contributed by atoms with Crippen LogP contribution in [0.3, 0.4) is 0 Å². The SMILES string of the molecule is CC(CN(C)c1nccn2nccc12)/C(N)=N/O. The highest BCUT2D eigenvalue weighted by atomic mass is 16.4. The van der Waals surface area contributed by atoms with Crippen molar-refractivity contribution >= 4 is 17.2 Å². The first-order valence-corrected chi connectivity index (χ1v) is 5.60. The molecule has 7 heteroatoms. The zero-order chi connectivity index (χ0) is 13.1. The summed E-state index contributed by atoms with van der Waals surface area (Å²) in [7, 11) is 1.91. The molecular weight excluding hydrogens is 232 g/mol. The highest BCUT2D eigenvalue weighted by Crippen LogP contribution is 2.17. The van der Waals surface area contributed by atoms with Crippen molar-refractivity contribution in [2.45, 2.75) is 6.92 Å². The zero-order valence-electron chi connectivity index (χ0n) is 10.4. The molecule has 0 aliphatic rings. The maximum Gasteiger partial charge on any atom is 0.154 e. The number of rotatable bonds is 4. The smallest absolute Gasteiger partial charge is 0.154 e. The maximum atomic E-state index is 8.64. The lowest BCUT2D eigenvalue weighted by Crippen LogP contribution is -2.33. The van der Waals surface area contributed by atoms with Crippen molar-refractivity contribution in [2.24, 2.45) is 16.8 Å². The molecule has 7 nitrogen and oxygen atoms in total. The quantitative estimate of drug-likeness (QED) is 0.357. The highest BCUT2D eigenvalue weighted by Gasteiger charge is 2.14. The van der Waals surface area contributed by atoms with Gasteiger partial charge >= 0.3 is 0 Å². The summed E-state index contributed by atoms with van der Waals surface area (Å²) in [5.41, 5.74) is 6.49. The third-order valence-electron chi connectivity index (χ3n) is 2.83. The summed E-state index contributed by atoms with van der Waals surface area (Å²) in [5, 5.41) is 15.8. The van der Waals surface area contributed by atoms with E-state index in [2.05, 4.69) is 15.2 Å². The van der Waals surface area contributed by atoms with Gasteiger partial charge in [-0.3, -0.25) is 0 Å². The molecule has 0 fully saturated rings. The van der Waals surface area contributed by atoms with Gasteiger partial charge in [0.25, 0.3) is 0 Å². The van der Waals surface area contributed by atoms with E-state index >= 15 is 0 Å². The summed E-state index contributed by atoms with van der Waals surface area (Å²) < 4.78 is 1.76. The number of hydrogen-bond acceptors (Lipinski definition) is 5. The predicted octanol–water partition coefficient (Wildman–Crippen LogP) is 0.548. The third kappa shape index (κ3) is 2.20. The van der Waals surface area contributed by atoms with Crippen LogP contribution in [-0.2, 0) is 0 Å². The van der Waals surface area contributed by atoms with E-state index in [4.69, 9.17) is 10.9 Å². The van der Waals surface area contributed by atoms with Gasteiger partial charge in [0.1, 0.15) is 11.4 Å². The molecule has 0 radical (unpaired) electrons. The van der Waals surface area contributed by atoms with Crippen molar-refractivity contribution in [3.8, 4) is 0 Å². The second-order valence-corrected chi connectivity index (χ2v) is 4.22. The van der Waals surface area contributed by atoms with Crippen LogP contribution in [0.4, 0.5) is 5.82 Å². The van der Waals surface area contributed by atoms with Gasteiger partial charge in [0.15, 0.2) is 5.82 Å². The molecule has 2 rings (SSSR count). The van der Waals surface area contributed by atoms with E-state index in [1.165, 1.54) is 0 Å². The fourth-order valence-corrected chi connectivity index (χ4v) is 1.83. The number of oxime groups is 1. The molecule has 2 aromatic rings. The summed E-state index contributed by atoms with van der Waals surface area (Å²) in [6.45, 7) is 2.50. The van der Waals surface area contributed by atoms with Crippen LogP contribution in [0.1, 0.15) is 6.92 Å². The molecule has 2 heterocycles. The van der Waals surface area contributed by atoms with Crippen LogP contribution in [0.2, 0.25) is 0 Å². The largest absolute Gasteiger partial charge is 0.409 e. The average Bonchev–Trinajstić information content (AvgIpc) is 2.85. The Hall–Kier alpha value is -2.31. The molecule has 0 saturated heterocycles. The second-order valence-electron chi connectivity index (χ2n) is 4.22. The Morgan fingerprint density at radius 2 is 2.39 bits per heavy atom. The van der Waals surface area contributed by atoms with E-state index in [9.17, 15) is 0 Å². The first-order chi connectivity index (χ1) is 8.63. The second kappa shape index (κ2) is 4.91. The average molecular weight is 248 g/mol. The van der Waals surface area contributed by atoms with Gasteiger partial charge in [-0.25, -0.2) is 9.50 Å². The minimum absolute atomic E-state index is 0.0648. The molecule has 0 amide bonds. The van der Waals surface area contributed by atoms with Crippen LogP contribution in [0.15, 0.2) is 29.8 Å². The maximum absolute atomic E-state index is 8.64. The molecule has 0 spiro atoms. The van der Waals surface area contributed by atoms with E-state index in [0.29, 0.717) is 6.54 Å². The van der Waals surface area contributed by atoms with Crippen molar-refractivity contribution in [1.82, 2.24) is 14.6 Å². The zero-order valence-corrected chi connectivity index (χ0v) is 10.4. The number of fused-ring (bicyclic) bond motifs is 1. The van der Waals surface area contributed by atoms with Crippen LogP contribution < -0.4 is 10.6 Å². The van der Waals surface area contributed by atoms with Gasteiger partial charge in [0.05, 0.1) is 6.20 Å². The van der Waals surface area contributed by atoms with E-state index in [-0.39, 0.29) is 11.8 Å². The van der Waals surface area contributed by atoms with Crippen LogP contribution in [-0.4, -0.2) is 39.2 Å². The van der Waals surface area contributed by atoms with Gasteiger partial charge in [0, 0.05) is 31.9 Å². The number of amidine groups is 1. The lowest BCUT2D eigenvalue weighted by molar-refractivity contribution is 0.314. The summed E-state index contributed by atoms with van der Waals surface area (Å²) in [4.78, 5) is 6.30. The van der Waals surface area contributed by atoms with Gasteiger partial charge in [-0.1, -0.05) is 12.1 Å². The molecule has 3 N–H and O–H groups in total. The summed E-state index contributed by atoms with van der Waals surface area (Å²) in [6.07, 6.45) is 5.21. The van der Waals surface area contributed by atoms with Gasteiger partial charge < -0.3 is 15.8 Å². The standard InChI is InChI=1S/C11H16N6O/c1-8(10(12)15-18)7-16(2)11-9-3-4-14-17(9)6-5-13-11/h3-6,8,18H,7H2,1-2H3,(H2,12,15). The minimum atomic E-state index is -0.0648. The number of hydrogen-bond donors (Lipinski definition) is 2. The molecule has 0 aliphatic heterocycles. The van der Waals surface area contributed by atoms with E-state index < -0.39 is 0 Å². The lowest BCUT2D eigenvalue weighted by atomic mass is 10.1. The van der Waals surface area contributed by atoms with Crippen molar-refractivity contribution in [1.29, 1.82) is 0 Å². The third-order valence-corrected chi connectivity index (χ3v) is 2.83. The lowest BCUT2D eigenvalue weighted by Gasteiger charge is -2.22. The molecule has 1 atom stereocenters. The summed E-state index contributed by atoms with van der Waals surface area (Å²) in [5.74, 6) is 0.958. The van der Waals surface area contributed by atoms with Crippen LogP contribution in [0.25, 0.3) is 5.52 Å². The van der Waals surface area contributed by atoms with Crippen LogP contribution >= 0.6 is 0 Å². The Bertz CT molecular complexity index is 563. The van der Waals surface area contributed by atoms with Crippen LogP contribution in [0, 0.1) is 5.92 Å². The molecule has 18 heavy (non-hydrogen) atoms. The summed E-state index contributed by atoms with van der Waals surface area (Å²) >= 11 is 0. The Kier molecular flexibility index (Phi) is 3.31. The van der Waals surface area contributed by atoms with Gasteiger partial charge in [0.2, 0.25) is 0 Å². The summed E-state index contributed by atoms with van der Waals surface area (Å²) in [6, 6.07) is 1.90. The minimum Gasteiger partial charge on any atom is -0.409 e. The number of anilines is 1. The molecule has 0 bridgehead atoms. The van der Waals surface area contributed by atoms with Crippen molar-refractivity contribution in [3.05, 3.63) is 24.7 Å². The van der Waals surface area contributed by atoms with Gasteiger partial charge in [-0.05, 0) is 6.07 Å². The predicted molar refractivity (Wildman–Crippen MR) is 68.8 cm³/mol. The van der Waals surface area contributed by atoms with Crippen molar-refractivity contribution in [2.75, 3.05) is 18.5 Å². The van der Waals surface area contributed by atoms with E-state index in [1.807, 2.05) is 24.9 Å². The molecule has 0 aromatic carbocycles. The first kappa shape index (κ1) is 12.2. The number of nitrogens with zero attached hydrogens (tertiary/aromatic N) is 5. The fraction of sp³-hybridized carbons (Fsp3) is 0.364. The van der Waals surface area contributed by atoms with Crippen molar-refractivity contribution in [3.63, 3.8) is 0 Å². The molecular formula is C11H16N6O. The van der Waals surface area contributed by atoms with Crippen LogP contribution in [0.5, 0.6) is 0 Å². The Labute approximate surface area is 105 Å². The van der Waals surface area contributed by atoms with E-state index in [0.717, 1.165) is 11.3 Å². The van der Waals surface area contributed by atoms with Crippen molar-refractivity contribution < 1.29 is 5.21 Å². The molecule has 1 unspecified atom stereocenters. The Morgan fingerprint density at radius 3 is 3.11 bits per heavy atom. The Balaban J connectivity index is 2.23. The molecule has 2 aromatic heterocycles. The molecule has 0 aliphatic carbocycles. The van der Waals surface area contributed by atoms with E-state index in [1.54, 1.807) is 23.1 Å². The topological polar surface area (TPSA) is 92.0 Å². The monoisotopic (exact) mass is 248 g/mol. The molecule has 0 saturated carbocycles. The number of nitrogens with two attached hydrogens (primary N) is 1. The Morgan fingerprint density at radius 1 is 1.61 bits per heavy atom. The first-order valence-electron chi connectivity index (χ1n) is 5.60. The van der Waals surface area contributed by atoms with Gasteiger partial charge in [-0.2, -0.15) is 5.10 Å².